The number of imidazole rings is 1. The van der Waals surface area contributed by atoms with Gasteiger partial charge in [0.25, 0.3) is 0 Å². The molecule has 2 amide bonds. The van der Waals surface area contributed by atoms with Crippen LogP contribution in [0.5, 0.6) is 0 Å². The molecule has 0 aliphatic carbocycles. The van der Waals surface area contributed by atoms with Crippen LogP contribution in [0, 0.1) is 5.92 Å². The van der Waals surface area contributed by atoms with Crippen LogP contribution in [0.4, 0.5) is 22.0 Å². The van der Waals surface area contributed by atoms with Gasteiger partial charge in [-0.15, -0.1) is 0 Å². The Hall–Kier alpha value is -5.45. The van der Waals surface area contributed by atoms with Gasteiger partial charge in [0.05, 0.1) is 30.6 Å². The molecule has 2 saturated heterocycles. The largest absolute Gasteiger partial charge is 0.453 e. The van der Waals surface area contributed by atoms with E-state index in [2.05, 4.69) is 91.1 Å². The van der Waals surface area contributed by atoms with Gasteiger partial charge in [-0.2, -0.15) is 0 Å². The Balaban J connectivity index is 1.06. The van der Waals surface area contributed by atoms with Crippen molar-refractivity contribution >= 4 is 40.1 Å². The van der Waals surface area contributed by atoms with E-state index in [1.165, 1.54) is 32.1 Å². The number of carbonyl (C=O) groups excluding carboxylic acids is 2. The number of ether oxygens (including phenoxy) is 1. The molecule has 4 heterocycles. The second kappa shape index (κ2) is 14.6. The fraction of sp³-hybridized carbons (Fsp3) is 0.359. The number of piperidine rings is 1. The number of rotatable bonds is 9. The van der Waals surface area contributed by atoms with Crippen molar-refractivity contribution in [2.24, 2.45) is 5.92 Å². The number of aromatic nitrogens is 4. The lowest BCUT2D eigenvalue weighted by Crippen LogP contribution is -2.51. The second-order valence-corrected chi connectivity index (χ2v) is 13.5. The molecule has 258 valence electrons. The number of amides is 2. The lowest BCUT2D eigenvalue weighted by atomic mass is 10.0. The SMILES string of the molecule is COC(=O)N[C@H](C(=O)N1CCC[C@H]1c1ncc(-c2ccc(-c3ccc4ncnc(Nc5ccc(N6CCCCC6)cc5)c4c3)cc2)[nH]1)C(C)C. The third-order valence-electron chi connectivity index (χ3n) is 9.85. The first-order chi connectivity index (χ1) is 24.4. The molecule has 0 spiro atoms. The molecule has 7 rings (SSSR count). The van der Waals surface area contributed by atoms with E-state index in [1.54, 1.807) is 6.33 Å². The fourth-order valence-corrected chi connectivity index (χ4v) is 7.07. The quantitative estimate of drug-likeness (QED) is 0.147. The summed E-state index contributed by atoms with van der Waals surface area (Å²) < 4.78 is 4.76. The summed E-state index contributed by atoms with van der Waals surface area (Å²) in [6, 6.07) is 22.4. The predicted molar refractivity (Wildman–Crippen MR) is 196 cm³/mol. The number of anilines is 3. The maximum Gasteiger partial charge on any atom is 0.407 e. The molecule has 11 heteroatoms. The number of aromatic amines is 1. The van der Waals surface area contributed by atoms with E-state index in [0.717, 1.165) is 76.5 Å². The van der Waals surface area contributed by atoms with Gasteiger partial charge in [-0.3, -0.25) is 4.79 Å². The highest BCUT2D eigenvalue weighted by Crippen LogP contribution is 2.34. The molecule has 0 saturated carbocycles. The topological polar surface area (TPSA) is 128 Å². The molecule has 2 atom stereocenters. The van der Waals surface area contributed by atoms with Crippen LogP contribution in [-0.4, -0.2) is 69.6 Å². The first-order valence-corrected chi connectivity index (χ1v) is 17.6. The number of benzene rings is 3. The van der Waals surface area contributed by atoms with Gasteiger partial charge in [0.15, 0.2) is 0 Å². The summed E-state index contributed by atoms with van der Waals surface area (Å²) in [6.07, 6.45) is 8.30. The van der Waals surface area contributed by atoms with Crippen LogP contribution in [0.3, 0.4) is 0 Å². The van der Waals surface area contributed by atoms with E-state index >= 15 is 0 Å². The van der Waals surface area contributed by atoms with Crippen molar-refractivity contribution in [2.45, 2.75) is 58.0 Å². The lowest BCUT2D eigenvalue weighted by molar-refractivity contribution is -0.135. The average Bonchev–Trinajstić information content (AvgIpc) is 3.85. The number of methoxy groups -OCH3 is 1. The van der Waals surface area contributed by atoms with Crippen molar-refractivity contribution in [3.63, 3.8) is 0 Å². The summed E-state index contributed by atoms with van der Waals surface area (Å²) in [5, 5.41) is 7.17. The number of hydrogen-bond acceptors (Lipinski definition) is 8. The number of fused-ring (bicyclic) bond motifs is 1. The third kappa shape index (κ3) is 6.99. The maximum atomic E-state index is 13.5. The van der Waals surface area contributed by atoms with Crippen molar-refractivity contribution in [1.82, 2.24) is 30.2 Å². The number of carbonyl (C=O) groups is 2. The number of nitrogens with zero attached hydrogens (tertiary/aromatic N) is 5. The van der Waals surface area contributed by atoms with E-state index in [0.29, 0.717) is 6.54 Å². The van der Waals surface area contributed by atoms with Gasteiger partial charge in [-0.1, -0.05) is 44.2 Å². The minimum Gasteiger partial charge on any atom is -0.453 e. The molecule has 11 nitrogen and oxygen atoms in total. The standard InChI is InChI=1S/C39H44N8O3/c1-25(2)35(45-39(49)50-3)38(48)47-21-7-8-34(47)37-40-23-33(44-37)27-11-9-26(10-12-27)28-13-18-32-31(22-28)36(42-24-41-32)43-29-14-16-30(17-15-29)46-19-5-4-6-20-46/h9-18,22-25,34-35H,4-8,19-21H2,1-3H3,(H,40,44)(H,45,49)(H,41,42,43)/t34-,35-/m0/s1. The summed E-state index contributed by atoms with van der Waals surface area (Å²) in [5.41, 5.74) is 7.13. The smallest absolute Gasteiger partial charge is 0.407 e. The van der Waals surface area contributed by atoms with E-state index < -0.39 is 12.1 Å². The van der Waals surface area contributed by atoms with Crippen LogP contribution >= 0.6 is 0 Å². The van der Waals surface area contributed by atoms with Gasteiger partial charge in [-0.05, 0) is 91.1 Å². The summed E-state index contributed by atoms with van der Waals surface area (Å²) in [6.45, 7) is 6.68. The van der Waals surface area contributed by atoms with Crippen LogP contribution in [0.1, 0.15) is 57.8 Å². The average molecular weight is 673 g/mol. The molecule has 50 heavy (non-hydrogen) atoms. The number of H-pyrrole nitrogens is 1. The Bertz CT molecular complexity index is 1950. The van der Waals surface area contributed by atoms with Crippen molar-refractivity contribution in [1.29, 1.82) is 0 Å². The monoisotopic (exact) mass is 672 g/mol. The van der Waals surface area contributed by atoms with Gasteiger partial charge in [0, 0.05) is 36.4 Å². The summed E-state index contributed by atoms with van der Waals surface area (Å²) in [4.78, 5) is 47.0. The Labute approximate surface area is 292 Å². The van der Waals surface area contributed by atoms with Gasteiger partial charge >= 0.3 is 6.09 Å². The maximum absolute atomic E-state index is 13.5. The van der Waals surface area contributed by atoms with Gasteiger partial charge in [0.1, 0.15) is 24.0 Å². The number of hydrogen-bond donors (Lipinski definition) is 3. The molecule has 2 fully saturated rings. The zero-order chi connectivity index (χ0) is 34.6. The van der Waals surface area contributed by atoms with Gasteiger partial charge in [-0.25, -0.2) is 19.7 Å². The molecule has 5 aromatic rings. The Morgan fingerprint density at radius 3 is 2.34 bits per heavy atom. The number of alkyl carbamates (subject to hydrolysis) is 1. The molecule has 0 radical (unpaired) electrons. The number of likely N-dealkylation sites (tertiary alicyclic amines) is 1. The van der Waals surface area contributed by atoms with Crippen LogP contribution < -0.4 is 15.5 Å². The minimum absolute atomic E-state index is 0.0897. The molecule has 3 aromatic carbocycles. The van der Waals surface area contributed by atoms with Gasteiger partial charge < -0.3 is 30.2 Å². The highest BCUT2D eigenvalue weighted by Gasteiger charge is 2.37. The summed E-state index contributed by atoms with van der Waals surface area (Å²) in [5.74, 6) is 1.30. The Morgan fingerprint density at radius 2 is 1.60 bits per heavy atom. The van der Waals surface area contributed by atoms with Crippen molar-refractivity contribution in [2.75, 3.05) is 37.0 Å². The van der Waals surface area contributed by atoms with Crippen molar-refractivity contribution in [3.05, 3.63) is 85.1 Å². The van der Waals surface area contributed by atoms with Crippen LogP contribution in [-0.2, 0) is 9.53 Å². The van der Waals surface area contributed by atoms with E-state index in [-0.39, 0.29) is 17.9 Å². The number of nitrogens with one attached hydrogen (secondary N) is 3. The molecular formula is C39H44N8O3. The van der Waals surface area contributed by atoms with Crippen LogP contribution in [0.15, 0.2) is 79.3 Å². The Morgan fingerprint density at radius 1 is 0.860 bits per heavy atom. The van der Waals surface area contributed by atoms with Crippen LogP contribution in [0.25, 0.3) is 33.3 Å². The third-order valence-corrected chi connectivity index (χ3v) is 9.85. The second-order valence-electron chi connectivity index (χ2n) is 13.5. The lowest BCUT2D eigenvalue weighted by Gasteiger charge is -2.30. The normalized spacial score (nSPS) is 16.8. The zero-order valence-corrected chi connectivity index (χ0v) is 28.9. The zero-order valence-electron chi connectivity index (χ0n) is 28.9. The molecule has 0 unspecified atom stereocenters. The predicted octanol–water partition coefficient (Wildman–Crippen LogP) is 7.46. The molecule has 0 bridgehead atoms. The van der Waals surface area contributed by atoms with E-state index in [4.69, 9.17) is 9.72 Å². The summed E-state index contributed by atoms with van der Waals surface area (Å²) >= 11 is 0. The molecule has 3 N–H and O–H groups in total. The minimum atomic E-state index is -0.672. The first kappa shape index (κ1) is 33.1. The molecular weight excluding hydrogens is 628 g/mol. The molecule has 2 aromatic heterocycles. The highest BCUT2D eigenvalue weighted by molar-refractivity contribution is 5.94. The Kier molecular flexibility index (Phi) is 9.64. The van der Waals surface area contributed by atoms with Crippen LogP contribution in [0.2, 0.25) is 0 Å². The van der Waals surface area contributed by atoms with Crippen molar-refractivity contribution in [3.8, 4) is 22.4 Å². The molecule has 2 aliphatic rings. The summed E-state index contributed by atoms with van der Waals surface area (Å²) in [7, 11) is 1.30. The fourth-order valence-electron chi connectivity index (χ4n) is 7.07. The van der Waals surface area contributed by atoms with E-state index in [9.17, 15) is 9.59 Å². The van der Waals surface area contributed by atoms with Crippen molar-refractivity contribution < 1.29 is 14.3 Å². The highest BCUT2D eigenvalue weighted by atomic mass is 16.5. The van der Waals surface area contributed by atoms with Gasteiger partial charge in [0.2, 0.25) is 5.91 Å². The molecule has 2 aliphatic heterocycles. The first-order valence-electron chi connectivity index (χ1n) is 17.6. The van der Waals surface area contributed by atoms with E-state index in [1.807, 2.05) is 31.0 Å².